The fourth-order valence-corrected chi connectivity index (χ4v) is 3.48. The molecule has 0 amide bonds. The number of hydrogen-bond acceptors (Lipinski definition) is 5. The van der Waals surface area contributed by atoms with E-state index >= 15 is 0 Å². The van der Waals surface area contributed by atoms with Crippen molar-refractivity contribution in [2.75, 3.05) is 0 Å². The van der Waals surface area contributed by atoms with Gasteiger partial charge >= 0.3 is 5.97 Å². The Morgan fingerprint density at radius 2 is 1.48 bits per heavy atom. The van der Waals surface area contributed by atoms with Gasteiger partial charge in [-0.1, -0.05) is 0 Å². The van der Waals surface area contributed by atoms with E-state index in [1.54, 1.807) is 18.2 Å². The van der Waals surface area contributed by atoms with E-state index in [9.17, 15) is 9.90 Å². The Hall–Kier alpha value is -2.21. The number of nitrogens with zero attached hydrogens (tertiary/aromatic N) is 2. The monoisotopic (exact) mass is 586 g/mol. The lowest BCUT2D eigenvalue weighted by atomic mass is 10.1. The zero-order chi connectivity index (χ0) is 19.6. The highest BCUT2D eigenvalue weighted by atomic mass is 127. The molecule has 8 heteroatoms. The lowest BCUT2D eigenvalue weighted by Crippen LogP contribution is -1.99. The molecule has 0 aliphatic carbocycles. The first-order chi connectivity index (χ1) is 12.8. The SMILES string of the molecule is O=C(O)c1c(O)cnc2ccc(I)cc12.Oc1cnc2ccc(I)cc2c1. The minimum atomic E-state index is -1.15. The maximum Gasteiger partial charge on any atom is 0.340 e. The Kier molecular flexibility index (Phi) is 5.95. The van der Waals surface area contributed by atoms with Crippen LogP contribution >= 0.6 is 45.2 Å². The molecule has 0 unspecified atom stereocenters. The van der Waals surface area contributed by atoms with Crippen molar-refractivity contribution < 1.29 is 20.1 Å². The summed E-state index contributed by atoms with van der Waals surface area (Å²) in [4.78, 5) is 19.0. The third-order valence-electron chi connectivity index (χ3n) is 3.65. The van der Waals surface area contributed by atoms with E-state index in [-0.39, 0.29) is 17.1 Å². The number of aromatic nitrogens is 2. The normalized spacial score (nSPS) is 10.4. The van der Waals surface area contributed by atoms with Crippen LogP contribution in [-0.2, 0) is 0 Å². The van der Waals surface area contributed by atoms with Gasteiger partial charge < -0.3 is 15.3 Å². The standard InChI is InChI=1S/C10H6INO3.C9H6INO/c11-5-1-2-7-6(3-5)9(10(14)15)8(13)4-12-7;10-7-1-2-9-6(3-7)4-8(12)5-11-9/h1-4,13H,(H,14,15);1-5,12H. The van der Waals surface area contributed by atoms with E-state index in [4.69, 9.17) is 10.2 Å². The summed E-state index contributed by atoms with van der Waals surface area (Å²) in [7, 11) is 0. The molecule has 0 spiro atoms. The number of pyridine rings is 2. The van der Waals surface area contributed by atoms with Crippen molar-refractivity contribution in [3.8, 4) is 11.5 Å². The molecule has 0 saturated carbocycles. The second-order valence-electron chi connectivity index (χ2n) is 5.52. The number of hydrogen-bond donors (Lipinski definition) is 3. The highest BCUT2D eigenvalue weighted by Crippen LogP contribution is 2.26. The predicted molar refractivity (Wildman–Crippen MR) is 119 cm³/mol. The number of rotatable bonds is 1. The minimum absolute atomic E-state index is 0.0986. The lowest BCUT2D eigenvalue weighted by Gasteiger charge is -2.04. The number of carbonyl (C=O) groups is 1. The van der Waals surface area contributed by atoms with Crippen molar-refractivity contribution in [1.82, 2.24) is 9.97 Å². The van der Waals surface area contributed by atoms with Gasteiger partial charge in [-0.15, -0.1) is 0 Å². The summed E-state index contributed by atoms with van der Waals surface area (Å²) < 4.78 is 2.04. The van der Waals surface area contributed by atoms with Gasteiger partial charge in [-0.2, -0.15) is 0 Å². The van der Waals surface area contributed by atoms with Gasteiger partial charge in [-0.25, -0.2) is 4.79 Å². The molecule has 0 atom stereocenters. The summed E-state index contributed by atoms with van der Waals surface area (Å²) in [6.07, 6.45) is 2.61. The second kappa shape index (κ2) is 8.21. The van der Waals surface area contributed by atoms with E-state index in [0.717, 1.165) is 24.2 Å². The van der Waals surface area contributed by atoms with Crippen LogP contribution in [0, 0.1) is 7.14 Å². The van der Waals surface area contributed by atoms with Crippen LogP contribution < -0.4 is 0 Å². The Morgan fingerprint density at radius 1 is 0.852 bits per heavy atom. The average Bonchev–Trinajstić information content (AvgIpc) is 2.61. The van der Waals surface area contributed by atoms with Crippen LogP contribution in [0.1, 0.15) is 10.4 Å². The number of fused-ring (bicyclic) bond motifs is 2. The molecule has 0 bridgehead atoms. The lowest BCUT2D eigenvalue weighted by molar-refractivity contribution is 0.0696. The molecule has 0 saturated heterocycles. The fourth-order valence-electron chi connectivity index (χ4n) is 2.47. The molecule has 136 valence electrons. The van der Waals surface area contributed by atoms with E-state index in [1.165, 1.54) is 6.20 Å². The van der Waals surface area contributed by atoms with Gasteiger partial charge in [0.05, 0.1) is 23.4 Å². The molecule has 2 aromatic carbocycles. The van der Waals surface area contributed by atoms with Crippen LogP contribution in [0.2, 0.25) is 0 Å². The first-order valence-corrected chi connectivity index (χ1v) is 9.75. The predicted octanol–water partition coefficient (Wildman–Crippen LogP) is 4.79. The van der Waals surface area contributed by atoms with Gasteiger partial charge in [0, 0.05) is 17.9 Å². The highest BCUT2D eigenvalue weighted by Gasteiger charge is 2.14. The van der Waals surface area contributed by atoms with Crippen molar-refractivity contribution in [3.63, 3.8) is 0 Å². The van der Waals surface area contributed by atoms with Crippen LogP contribution in [0.25, 0.3) is 21.8 Å². The number of halogens is 2. The van der Waals surface area contributed by atoms with Crippen LogP contribution in [0.4, 0.5) is 0 Å². The molecule has 27 heavy (non-hydrogen) atoms. The van der Waals surface area contributed by atoms with Crippen molar-refractivity contribution in [2.45, 2.75) is 0 Å². The topological polar surface area (TPSA) is 104 Å². The fraction of sp³-hybridized carbons (Fsp3) is 0. The Labute approximate surface area is 181 Å². The first-order valence-electron chi connectivity index (χ1n) is 7.60. The Morgan fingerprint density at radius 3 is 2.19 bits per heavy atom. The average molecular weight is 586 g/mol. The molecule has 4 rings (SSSR count). The number of carboxylic acid groups (broad SMARTS) is 1. The molecule has 3 N–H and O–H groups in total. The highest BCUT2D eigenvalue weighted by molar-refractivity contribution is 14.1. The molecule has 0 radical (unpaired) electrons. The van der Waals surface area contributed by atoms with Gasteiger partial charge in [-0.05, 0) is 87.6 Å². The Balaban J connectivity index is 0.000000159. The largest absolute Gasteiger partial charge is 0.506 e. The van der Waals surface area contributed by atoms with Crippen molar-refractivity contribution in [1.29, 1.82) is 0 Å². The molecule has 2 heterocycles. The van der Waals surface area contributed by atoms with Crippen LogP contribution in [0.15, 0.2) is 54.9 Å². The third kappa shape index (κ3) is 4.56. The smallest absolute Gasteiger partial charge is 0.340 e. The van der Waals surface area contributed by atoms with Crippen molar-refractivity contribution in [3.05, 3.63) is 67.6 Å². The molecule has 0 aliphatic heterocycles. The number of carboxylic acids is 1. The van der Waals surface area contributed by atoms with Crippen LogP contribution in [0.3, 0.4) is 0 Å². The molecular formula is C19H12I2N2O4. The second-order valence-corrected chi connectivity index (χ2v) is 8.01. The molecule has 0 fully saturated rings. The molecular weight excluding hydrogens is 574 g/mol. The summed E-state index contributed by atoms with van der Waals surface area (Å²) in [5.74, 6) is -1.25. The molecule has 2 aromatic heterocycles. The maximum absolute atomic E-state index is 11.0. The minimum Gasteiger partial charge on any atom is -0.506 e. The number of aromatic carboxylic acids is 1. The summed E-state index contributed by atoms with van der Waals surface area (Å²) >= 11 is 4.31. The van der Waals surface area contributed by atoms with E-state index in [1.807, 2.05) is 24.3 Å². The molecule has 6 nitrogen and oxygen atoms in total. The molecule has 0 aliphatic rings. The van der Waals surface area contributed by atoms with E-state index in [2.05, 4.69) is 55.1 Å². The van der Waals surface area contributed by atoms with Crippen molar-refractivity contribution in [2.24, 2.45) is 0 Å². The summed E-state index contributed by atoms with van der Waals surface area (Å²) in [6.45, 7) is 0. The van der Waals surface area contributed by atoms with E-state index < -0.39 is 5.97 Å². The third-order valence-corrected chi connectivity index (χ3v) is 4.99. The van der Waals surface area contributed by atoms with Crippen LogP contribution in [-0.4, -0.2) is 31.3 Å². The van der Waals surface area contributed by atoms with E-state index in [0.29, 0.717) is 10.9 Å². The number of benzene rings is 2. The maximum atomic E-state index is 11.0. The summed E-state index contributed by atoms with van der Waals surface area (Å²) in [5.41, 5.74) is 1.37. The Bertz CT molecular complexity index is 1120. The molecule has 4 aromatic rings. The van der Waals surface area contributed by atoms with Crippen molar-refractivity contribution >= 4 is 73.0 Å². The van der Waals surface area contributed by atoms with Gasteiger partial charge in [-0.3, -0.25) is 9.97 Å². The summed E-state index contributed by atoms with van der Waals surface area (Å²) in [6, 6.07) is 12.9. The number of aromatic hydroxyl groups is 2. The van der Waals surface area contributed by atoms with Gasteiger partial charge in [0.1, 0.15) is 17.1 Å². The van der Waals surface area contributed by atoms with Gasteiger partial charge in [0.2, 0.25) is 0 Å². The van der Waals surface area contributed by atoms with Crippen LogP contribution in [0.5, 0.6) is 11.5 Å². The zero-order valence-corrected chi connectivity index (χ0v) is 17.9. The summed E-state index contributed by atoms with van der Waals surface area (Å²) in [5, 5.41) is 29.0. The quantitative estimate of drug-likeness (QED) is 0.278. The van der Waals surface area contributed by atoms with Gasteiger partial charge in [0.15, 0.2) is 0 Å². The zero-order valence-electron chi connectivity index (χ0n) is 13.6. The first kappa shape index (κ1) is 19.5. The van der Waals surface area contributed by atoms with Gasteiger partial charge in [0.25, 0.3) is 0 Å².